The third-order valence-electron chi connectivity index (χ3n) is 4.60. The number of carbonyl (C=O) groups excluding carboxylic acids is 1. The van der Waals surface area contributed by atoms with Gasteiger partial charge in [0.2, 0.25) is 0 Å². The Hall–Kier alpha value is -2.21. The SMILES string of the molecule is COC(=O)c1ccc2c(c1)CCCC(Br)=C2c1c(F)cc(OC(C)(C)C)cc1F. The van der Waals surface area contributed by atoms with Gasteiger partial charge in [-0.3, -0.25) is 0 Å². The van der Waals surface area contributed by atoms with Crippen molar-refractivity contribution in [1.29, 1.82) is 0 Å². The molecule has 0 fully saturated rings. The maximum absolute atomic E-state index is 15.1. The van der Waals surface area contributed by atoms with E-state index in [2.05, 4.69) is 15.9 Å². The Balaban J connectivity index is 2.15. The first-order valence-electron chi connectivity index (χ1n) is 9.39. The van der Waals surface area contributed by atoms with Crippen LogP contribution >= 0.6 is 15.9 Å². The first-order valence-corrected chi connectivity index (χ1v) is 10.2. The summed E-state index contributed by atoms with van der Waals surface area (Å²) in [7, 11) is 1.32. The molecule has 0 bridgehead atoms. The van der Waals surface area contributed by atoms with Crippen molar-refractivity contribution in [2.24, 2.45) is 0 Å². The molecule has 0 amide bonds. The van der Waals surface area contributed by atoms with E-state index in [-0.39, 0.29) is 11.3 Å². The Morgan fingerprint density at radius 2 is 1.72 bits per heavy atom. The second-order valence-corrected chi connectivity index (χ2v) is 8.93. The summed E-state index contributed by atoms with van der Waals surface area (Å²) in [4.78, 5) is 11.9. The highest BCUT2D eigenvalue weighted by atomic mass is 79.9. The molecule has 1 aliphatic rings. The summed E-state index contributed by atoms with van der Waals surface area (Å²) < 4.78 is 41.3. The highest BCUT2D eigenvalue weighted by Gasteiger charge is 2.25. The van der Waals surface area contributed by atoms with Crippen LogP contribution in [-0.2, 0) is 11.2 Å². The number of halogens is 3. The number of hydrogen-bond acceptors (Lipinski definition) is 3. The van der Waals surface area contributed by atoms with Gasteiger partial charge in [0.05, 0.1) is 18.2 Å². The normalized spacial score (nSPS) is 14.3. The molecule has 0 radical (unpaired) electrons. The molecule has 0 heterocycles. The molecule has 2 aromatic rings. The van der Waals surface area contributed by atoms with Gasteiger partial charge in [-0.15, -0.1) is 0 Å². The molecule has 154 valence electrons. The molecule has 2 aromatic carbocycles. The average Bonchev–Trinajstić information content (AvgIpc) is 2.77. The van der Waals surface area contributed by atoms with Crippen LogP contribution in [0.2, 0.25) is 0 Å². The highest BCUT2D eigenvalue weighted by Crippen LogP contribution is 2.41. The number of aryl methyl sites for hydroxylation is 1. The van der Waals surface area contributed by atoms with Gasteiger partial charge in [0, 0.05) is 22.2 Å². The van der Waals surface area contributed by atoms with E-state index in [0.717, 1.165) is 16.5 Å². The second kappa shape index (κ2) is 8.27. The van der Waals surface area contributed by atoms with Crippen LogP contribution in [0, 0.1) is 11.6 Å². The largest absolute Gasteiger partial charge is 0.488 e. The number of ether oxygens (including phenoxy) is 2. The van der Waals surface area contributed by atoms with E-state index >= 15 is 8.78 Å². The van der Waals surface area contributed by atoms with Gasteiger partial charge in [-0.1, -0.05) is 22.0 Å². The highest BCUT2D eigenvalue weighted by molar-refractivity contribution is 9.11. The van der Waals surface area contributed by atoms with Crippen molar-refractivity contribution < 1.29 is 23.0 Å². The molecule has 1 aliphatic carbocycles. The Bertz CT molecular complexity index is 967. The zero-order chi connectivity index (χ0) is 21.3. The third kappa shape index (κ3) is 4.69. The molecule has 0 aliphatic heterocycles. The maximum atomic E-state index is 15.1. The number of hydrogen-bond donors (Lipinski definition) is 0. The van der Waals surface area contributed by atoms with E-state index in [1.54, 1.807) is 18.2 Å². The average molecular weight is 465 g/mol. The summed E-state index contributed by atoms with van der Waals surface area (Å²) in [6.07, 6.45) is 2.11. The monoisotopic (exact) mass is 464 g/mol. The van der Waals surface area contributed by atoms with Gasteiger partial charge in [0.25, 0.3) is 0 Å². The Kier molecular flexibility index (Phi) is 6.13. The Labute approximate surface area is 177 Å². The molecule has 0 aromatic heterocycles. The van der Waals surface area contributed by atoms with Gasteiger partial charge in [-0.25, -0.2) is 13.6 Å². The molecule has 0 spiro atoms. The first-order chi connectivity index (χ1) is 13.6. The van der Waals surface area contributed by atoms with Crippen LogP contribution in [0.5, 0.6) is 5.75 Å². The van der Waals surface area contributed by atoms with Crippen molar-refractivity contribution >= 4 is 27.5 Å². The van der Waals surface area contributed by atoms with Gasteiger partial charge in [0.1, 0.15) is 23.0 Å². The summed E-state index contributed by atoms with van der Waals surface area (Å²) in [5.41, 5.74) is 1.76. The quantitative estimate of drug-likeness (QED) is 0.491. The van der Waals surface area contributed by atoms with E-state index in [4.69, 9.17) is 9.47 Å². The maximum Gasteiger partial charge on any atom is 0.337 e. The fourth-order valence-corrected chi connectivity index (χ4v) is 4.16. The first kappa shape index (κ1) is 21.5. The van der Waals surface area contributed by atoms with Crippen molar-refractivity contribution in [3.8, 4) is 5.75 Å². The van der Waals surface area contributed by atoms with E-state index in [9.17, 15) is 4.79 Å². The fraction of sp³-hybridized carbons (Fsp3) is 0.348. The third-order valence-corrected chi connectivity index (χ3v) is 5.39. The molecule has 3 rings (SSSR count). The van der Waals surface area contributed by atoms with E-state index in [1.165, 1.54) is 19.2 Å². The van der Waals surface area contributed by atoms with Crippen LogP contribution in [0.15, 0.2) is 34.8 Å². The molecule has 29 heavy (non-hydrogen) atoms. The lowest BCUT2D eigenvalue weighted by atomic mass is 9.91. The predicted molar refractivity (Wildman–Crippen MR) is 112 cm³/mol. The Morgan fingerprint density at radius 3 is 2.31 bits per heavy atom. The van der Waals surface area contributed by atoms with Crippen molar-refractivity contribution in [2.45, 2.75) is 45.6 Å². The van der Waals surface area contributed by atoms with E-state index in [1.807, 2.05) is 20.8 Å². The minimum absolute atomic E-state index is 0.105. The summed E-state index contributed by atoms with van der Waals surface area (Å²) in [6, 6.07) is 7.50. The number of esters is 1. The molecular weight excluding hydrogens is 442 g/mol. The van der Waals surface area contributed by atoms with Crippen LogP contribution in [0.3, 0.4) is 0 Å². The van der Waals surface area contributed by atoms with Gasteiger partial charge in [-0.2, -0.15) is 0 Å². The van der Waals surface area contributed by atoms with Crippen LogP contribution in [-0.4, -0.2) is 18.7 Å². The van der Waals surface area contributed by atoms with Crippen molar-refractivity contribution in [3.05, 3.63) is 68.7 Å². The van der Waals surface area contributed by atoms with Crippen LogP contribution in [0.1, 0.15) is 60.7 Å². The minimum atomic E-state index is -0.693. The molecule has 0 saturated heterocycles. The van der Waals surface area contributed by atoms with Gasteiger partial charge < -0.3 is 9.47 Å². The number of carbonyl (C=O) groups is 1. The lowest BCUT2D eigenvalue weighted by Crippen LogP contribution is -2.23. The molecule has 3 nitrogen and oxygen atoms in total. The van der Waals surface area contributed by atoms with E-state index < -0.39 is 23.2 Å². The second-order valence-electron chi connectivity index (χ2n) is 7.97. The predicted octanol–water partition coefficient (Wildman–Crippen LogP) is 6.42. The summed E-state index contributed by atoms with van der Waals surface area (Å²) >= 11 is 3.53. The van der Waals surface area contributed by atoms with Gasteiger partial charge in [0.15, 0.2) is 0 Å². The topological polar surface area (TPSA) is 35.5 Å². The van der Waals surface area contributed by atoms with E-state index in [0.29, 0.717) is 29.5 Å². The lowest BCUT2D eigenvalue weighted by molar-refractivity contribution is 0.0600. The number of methoxy groups -OCH3 is 1. The molecular formula is C23H23BrF2O3. The molecule has 0 saturated carbocycles. The van der Waals surface area contributed by atoms with Gasteiger partial charge in [-0.05, 0) is 63.3 Å². The van der Waals surface area contributed by atoms with Crippen molar-refractivity contribution in [1.82, 2.24) is 0 Å². The van der Waals surface area contributed by atoms with Crippen LogP contribution in [0.4, 0.5) is 8.78 Å². The number of benzene rings is 2. The number of fused-ring (bicyclic) bond motifs is 1. The van der Waals surface area contributed by atoms with Crippen molar-refractivity contribution in [3.63, 3.8) is 0 Å². The van der Waals surface area contributed by atoms with Gasteiger partial charge >= 0.3 is 5.97 Å². The molecule has 6 heteroatoms. The van der Waals surface area contributed by atoms with Crippen molar-refractivity contribution in [2.75, 3.05) is 7.11 Å². The molecule has 0 unspecified atom stereocenters. The zero-order valence-electron chi connectivity index (χ0n) is 16.9. The summed E-state index contributed by atoms with van der Waals surface area (Å²) in [5, 5.41) is 0. The fourth-order valence-electron chi connectivity index (χ4n) is 3.47. The minimum Gasteiger partial charge on any atom is -0.488 e. The van der Waals surface area contributed by atoms with Crippen LogP contribution < -0.4 is 4.74 Å². The lowest BCUT2D eigenvalue weighted by Gasteiger charge is -2.22. The summed E-state index contributed by atoms with van der Waals surface area (Å²) in [5.74, 6) is -1.69. The summed E-state index contributed by atoms with van der Waals surface area (Å²) in [6.45, 7) is 5.45. The standard InChI is InChI=1S/C23H23BrF2O3/c1-23(2,3)29-15-11-18(25)21(19(26)12-15)20-16-9-8-14(22(27)28-4)10-13(16)6-5-7-17(20)24/h8-12H,5-7H2,1-4H3. The Morgan fingerprint density at radius 1 is 1.07 bits per heavy atom. The molecule has 0 N–H and O–H groups in total. The number of allylic oxidation sites excluding steroid dienone is 1. The smallest absolute Gasteiger partial charge is 0.337 e. The zero-order valence-corrected chi connectivity index (χ0v) is 18.5. The number of rotatable bonds is 3. The molecule has 0 atom stereocenters. The van der Waals surface area contributed by atoms with Crippen LogP contribution in [0.25, 0.3) is 5.57 Å².